The van der Waals surface area contributed by atoms with Crippen molar-refractivity contribution in [2.45, 2.75) is 38.1 Å². The van der Waals surface area contributed by atoms with Crippen molar-refractivity contribution in [1.29, 1.82) is 0 Å². The molecular formula is C24H47N3O9. The number of carbonyl (C=O) groups is 1. The molecule has 212 valence electrons. The first kappa shape index (κ1) is 34.2. The number of hydrogen-bond acceptors (Lipinski definition) is 11. The minimum absolute atomic E-state index is 0.119. The number of carbonyl (C=O) groups excluding carboxylic acids is 1. The number of methoxy groups -OCH3 is 4. The second-order valence-electron chi connectivity index (χ2n) is 8.00. The van der Waals surface area contributed by atoms with Gasteiger partial charge in [-0.2, -0.15) is 0 Å². The summed E-state index contributed by atoms with van der Waals surface area (Å²) in [6.07, 6.45) is 2.15. The summed E-state index contributed by atoms with van der Waals surface area (Å²) < 4.78 is 38.1. The molecule has 0 spiro atoms. The number of rotatable bonds is 26. The van der Waals surface area contributed by atoms with Gasteiger partial charge in [-0.25, -0.2) is 0 Å². The monoisotopic (exact) mass is 521 g/mol. The lowest BCUT2D eigenvalue weighted by Gasteiger charge is -2.24. The molecule has 0 saturated carbocycles. The third-order valence-electron chi connectivity index (χ3n) is 4.52. The summed E-state index contributed by atoms with van der Waals surface area (Å²) in [5.74, 6) is -0.222. The van der Waals surface area contributed by atoms with Gasteiger partial charge in [0, 0.05) is 40.7 Å². The number of ether oxygens (including phenoxy) is 7. The number of unbranched alkanes of at least 4 members (excludes halogenated alkanes) is 1. The van der Waals surface area contributed by atoms with Gasteiger partial charge in [0.2, 0.25) is 5.91 Å². The molecule has 0 aromatic heterocycles. The maximum absolute atomic E-state index is 12.2. The number of allylic oxidation sites excluding steroid dienone is 1. The lowest BCUT2D eigenvalue weighted by atomic mass is 10.3. The lowest BCUT2D eigenvalue weighted by molar-refractivity contribution is -0.140. The van der Waals surface area contributed by atoms with Gasteiger partial charge in [0.25, 0.3) is 0 Å². The van der Waals surface area contributed by atoms with Crippen LogP contribution in [0.25, 0.3) is 0 Å². The fourth-order valence-corrected chi connectivity index (χ4v) is 2.79. The lowest BCUT2D eigenvalue weighted by Crippen LogP contribution is -2.37. The zero-order valence-electron chi connectivity index (χ0n) is 22.6. The van der Waals surface area contributed by atoms with Crippen LogP contribution in [-0.4, -0.2) is 125 Å². The molecule has 36 heavy (non-hydrogen) atoms. The number of amides is 1. The molecular weight excluding hydrogens is 474 g/mol. The molecule has 0 bridgehead atoms. The highest BCUT2D eigenvalue weighted by Gasteiger charge is 2.19. The largest absolute Gasteiger partial charge is 0.396 e. The van der Waals surface area contributed by atoms with Crippen molar-refractivity contribution in [2.24, 2.45) is 5.16 Å². The Morgan fingerprint density at radius 2 is 1.33 bits per heavy atom. The molecule has 0 rings (SSSR count). The van der Waals surface area contributed by atoms with Crippen LogP contribution >= 0.6 is 0 Å². The number of hydrogen-bond donors (Lipinski definition) is 2. The Labute approximate surface area is 215 Å². The minimum atomic E-state index is -0.478. The van der Waals surface area contributed by atoms with Gasteiger partial charge in [-0.1, -0.05) is 11.7 Å². The van der Waals surface area contributed by atoms with E-state index in [1.165, 1.54) is 0 Å². The van der Waals surface area contributed by atoms with Crippen molar-refractivity contribution < 1.29 is 42.8 Å². The van der Waals surface area contributed by atoms with Gasteiger partial charge in [0.05, 0.1) is 52.4 Å². The molecule has 0 aliphatic heterocycles. The third kappa shape index (κ3) is 21.5. The van der Waals surface area contributed by atoms with E-state index in [-0.39, 0.29) is 37.9 Å². The van der Waals surface area contributed by atoms with Gasteiger partial charge in [-0.15, -0.1) is 0 Å². The summed E-state index contributed by atoms with van der Waals surface area (Å²) in [6.45, 7) is 8.95. The molecule has 0 unspecified atom stereocenters. The number of nitrogens with zero attached hydrogens (tertiary/aromatic N) is 1. The van der Waals surface area contributed by atoms with Crippen LogP contribution in [0.1, 0.15) is 19.8 Å². The van der Waals surface area contributed by atoms with E-state index in [1.807, 2.05) is 6.92 Å². The Hall–Kier alpha value is -1.80. The van der Waals surface area contributed by atoms with Crippen LogP contribution in [0.15, 0.2) is 17.4 Å². The first-order chi connectivity index (χ1) is 17.5. The summed E-state index contributed by atoms with van der Waals surface area (Å²) in [7, 11) is 6.37. The molecule has 0 fully saturated rings. The van der Waals surface area contributed by atoms with Crippen LogP contribution in [0.2, 0.25) is 0 Å². The van der Waals surface area contributed by atoms with Crippen LogP contribution in [0.4, 0.5) is 0 Å². The van der Waals surface area contributed by atoms with Crippen molar-refractivity contribution in [3.05, 3.63) is 12.3 Å². The predicted molar refractivity (Wildman–Crippen MR) is 136 cm³/mol. The molecule has 0 saturated heterocycles. The van der Waals surface area contributed by atoms with E-state index < -0.39 is 6.10 Å². The summed E-state index contributed by atoms with van der Waals surface area (Å²) in [4.78, 5) is 17.4. The zero-order valence-corrected chi connectivity index (χ0v) is 22.6. The normalized spacial score (nSPS) is 11.7. The van der Waals surface area contributed by atoms with Crippen LogP contribution < -0.4 is 10.6 Å². The SMILES string of the molecule is C=C(C)NC/C=N/OCCCCNC(=O)COC(COC(COC)COC)COC(COC)COC. The van der Waals surface area contributed by atoms with Crippen molar-refractivity contribution in [2.75, 3.05) is 94.4 Å². The fourth-order valence-electron chi connectivity index (χ4n) is 2.79. The van der Waals surface area contributed by atoms with Gasteiger partial charge >= 0.3 is 0 Å². The van der Waals surface area contributed by atoms with Gasteiger partial charge in [0.15, 0.2) is 0 Å². The molecule has 12 heteroatoms. The molecule has 2 N–H and O–H groups in total. The van der Waals surface area contributed by atoms with Crippen LogP contribution in [0.3, 0.4) is 0 Å². The van der Waals surface area contributed by atoms with Crippen molar-refractivity contribution in [3.8, 4) is 0 Å². The molecule has 0 aliphatic carbocycles. The molecule has 0 heterocycles. The maximum Gasteiger partial charge on any atom is 0.246 e. The van der Waals surface area contributed by atoms with E-state index in [9.17, 15) is 4.79 Å². The highest BCUT2D eigenvalue weighted by atomic mass is 16.6. The molecule has 0 radical (unpaired) electrons. The van der Waals surface area contributed by atoms with Gasteiger partial charge < -0.3 is 48.6 Å². The van der Waals surface area contributed by atoms with Gasteiger partial charge in [-0.05, 0) is 19.8 Å². The van der Waals surface area contributed by atoms with Crippen LogP contribution in [0.5, 0.6) is 0 Å². The molecule has 0 aromatic rings. The van der Waals surface area contributed by atoms with Crippen molar-refractivity contribution in [1.82, 2.24) is 10.6 Å². The predicted octanol–water partition coefficient (Wildman–Crippen LogP) is 0.750. The zero-order chi connectivity index (χ0) is 26.9. The topological polar surface area (TPSA) is 127 Å². The Bertz CT molecular complexity index is 535. The summed E-state index contributed by atoms with van der Waals surface area (Å²) >= 11 is 0. The Morgan fingerprint density at radius 1 is 0.806 bits per heavy atom. The molecule has 0 aromatic carbocycles. The third-order valence-corrected chi connectivity index (χ3v) is 4.52. The van der Waals surface area contributed by atoms with E-state index in [2.05, 4.69) is 22.4 Å². The molecule has 0 aliphatic rings. The molecule has 1 amide bonds. The van der Waals surface area contributed by atoms with Crippen molar-refractivity contribution >= 4 is 12.1 Å². The quantitative estimate of drug-likeness (QED) is 0.0956. The summed E-state index contributed by atoms with van der Waals surface area (Å²) in [5.41, 5.74) is 0.871. The average Bonchev–Trinajstić information content (AvgIpc) is 2.84. The standard InChI is InChI=1S/C24H47N3O9/c1-20(2)25-10-11-27-36-12-8-7-9-26-24(28)19-35-23(17-33-21(13-29-3)14-30-4)18-34-22(15-31-5)16-32-6/h11,21-23,25H,1,7-10,12-19H2,2-6H3,(H,26,28)/b27-11+. The van der Waals surface area contributed by atoms with E-state index in [1.54, 1.807) is 34.7 Å². The van der Waals surface area contributed by atoms with E-state index >= 15 is 0 Å². The summed E-state index contributed by atoms with van der Waals surface area (Å²) in [6, 6.07) is 0. The van der Waals surface area contributed by atoms with Crippen LogP contribution in [0, 0.1) is 0 Å². The summed E-state index contributed by atoms with van der Waals surface area (Å²) in [5, 5.41) is 9.69. The van der Waals surface area contributed by atoms with Gasteiger partial charge in [0.1, 0.15) is 31.5 Å². The van der Waals surface area contributed by atoms with E-state index in [0.717, 1.165) is 18.5 Å². The Morgan fingerprint density at radius 3 is 1.83 bits per heavy atom. The van der Waals surface area contributed by atoms with Crippen LogP contribution in [-0.2, 0) is 42.8 Å². The first-order valence-corrected chi connectivity index (χ1v) is 12.1. The minimum Gasteiger partial charge on any atom is -0.396 e. The average molecular weight is 522 g/mol. The van der Waals surface area contributed by atoms with Crippen molar-refractivity contribution in [3.63, 3.8) is 0 Å². The number of nitrogens with one attached hydrogen (secondary N) is 2. The maximum atomic E-state index is 12.2. The molecule has 12 nitrogen and oxygen atoms in total. The fraction of sp³-hybridized carbons (Fsp3) is 0.833. The molecule has 0 atom stereocenters. The Balaban J connectivity index is 4.37. The highest BCUT2D eigenvalue weighted by Crippen LogP contribution is 2.04. The van der Waals surface area contributed by atoms with Gasteiger partial charge in [-0.3, -0.25) is 4.79 Å². The second-order valence-corrected chi connectivity index (χ2v) is 8.00. The van der Waals surface area contributed by atoms with E-state index in [0.29, 0.717) is 46.1 Å². The Kier molecular flexibility index (Phi) is 23.6. The second kappa shape index (κ2) is 24.9. The highest BCUT2D eigenvalue weighted by molar-refractivity contribution is 5.77. The van der Waals surface area contributed by atoms with E-state index in [4.69, 9.17) is 38.0 Å². The smallest absolute Gasteiger partial charge is 0.246 e. The first-order valence-electron chi connectivity index (χ1n) is 12.1. The number of oxime groups is 1.